The Morgan fingerprint density at radius 1 is 1.31 bits per heavy atom. The highest BCUT2D eigenvalue weighted by molar-refractivity contribution is 7.09. The van der Waals surface area contributed by atoms with Crippen LogP contribution in [0.1, 0.15) is 50.8 Å². The van der Waals surface area contributed by atoms with Gasteiger partial charge in [-0.15, -0.1) is 17.9 Å². The number of aliphatic hydroxyl groups excluding tert-OH is 2. The number of carbonyl (C=O) groups excluding carboxylic acids is 2. The highest BCUT2D eigenvalue weighted by atomic mass is 32.1. The van der Waals surface area contributed by atoms with Crippen molar-refractivity contribution in [2.24, 2.45) is 22.7 Å². The zero-order valence-electron chi connectivity index (χ0n) is 19.0. The zero-order chi connectivity index (χ0) is 23.4. The molecule has 0 aromatic carbocycles. The maximum Gasteiger partial charge on any atom is 0.407 e. The number of amides is 2. The van der Waals surface area contributed by atoms with Crippen LogP contribution in [0.3, 0.4) is 0 Å². The highest BCUT2D eigenvalue weighted by Crippen LogP contribution is 2.61. The molecule has 0 aliphatic heterocycles. The standard InChI is InChI=1S/C24H36N2O5S/c1-4-11-25-22(30)31-20-9-10-23(2)17(13-21(29)26-14-16-6-5-12-32-16)18(28)7-8-19(23)24(20,3)15-27/h4-6,12,17-20,27-28H,1,7-11,13-15H2,2-3H3,(H,25,30)(H,26,29)/t17-,18-,19+,20-,23+,24+/m1/s1. The lowest BCUT2D eigenvalue weighted by Gasteiger charge is -2.60. The van der Waals surface area contributed by atoms with Gasteiger partial charge in [0.25, 0.3) is 0 Å². The number of alkyl carbamates (subject to hydrolysis) is 1. The van der Waals surface area contributed by atoms with Gasteiger partial charge in [0.1, 0.15) is 6.10 Å². The van der Waals surface area contributed by atoms with Crippen molar-refractivity contribution in [3.8, 4) is 0 Å². The van der Waals surface area contributed by atoms with Crippen LogP contribution in [0.25, 0.3) is 0 Å². The maximum atomic E-state index is 12.8. The molecule has 178 valence electrons. The van der Waals surface area contributed by atoms with Gasteiger partial charge in [0.2, 0.25) is 5.91 Å². The summed E-state index contributed by atoms with van der Waals surface area (Å²) in [4.78, 5) is 26.0. The minimum atomic E-state index is -0.648. The molecule has 6 atom stereocenters. The predicted octanol–water partition coefficient (Wildman–Crippen LogP) is 3.22. The van der Waals surface area contributed by atoms with Crippen LogP contribution >= 0.6 is 11.3 Å². The van der Waals surface area contributed by atoms with Crippen LogP contribution in [0.15, 0.2) is 30.2 Å². The van der Waals surface area contributed by atoms with Crippen molar-refractivity contribution in [3.63, 3.8) is 0 Å². The summed E-state index contributed by atoms with van der Waals surface area (Å²) in [5.41, 5.74) is -0.989. The van der Waals surface area contributed by atoms with Crippen molar-refractivity contribution in [1.82, 2.24) is 10.6 Å². The van der Waals surface area contributed by atoms with Crippen molar-refractivity contribution in [2.75, 3.05) is 13.2 Å². The molecule has 32 heavy (non-hydrogen) atoms. The first kappa shape index (κ1) is 24.7. The Morgan fingerprint density at radius 3 is 2.75 bits per heavy atom. The van der Waals surface area contributed by atoms with Crippen LogP contribution in [-0.2, 0) is 16.1 Å². The topological polar surface area (TPSA) is 108 Å². The van der Waals surface area contributed by atoms with Gasteiger partial charge in [0, 0.05) is 23.3 Å². The van der Waals surface area contributed by atoms with Gasteiger partial charge in [0.05, 0.1) is 19.3 Å². The van der Waals surface area contributed by atoms with E-state index in [9.17, 15) is 19.8 Å². The van der Waals surface area contributed by atoms with Gasteiger partial charge in [-0.2, -0.15) is 0 Å². The molecule has 0 saturated heterocycles. The number of rotatable bonds is 8. The molecule has 2 aliphatic rings. The number of carbonyl (C=O) groups is 2. The van der Waals surface area contributed by atoms with Crippen LogP contribution in [0.4, 0.5) is 4.79 Å². The molecule has 2 amide bonds. The summed E-state index contributed by atoms with van der Waals surface area (Å²) in [6, 6.07) is 3.94. The Morgan fingerprint density at radius 2 is 2.09 bits per heavy atom. The number of hydrogen-bond acceptors (Lipinski definition) is 6. The van der Waals surface area contributed by atoms with E-state index in [1.165, 1.54) is 0 Å². The van der Waals surface area contributed by atoms with Crippen LogP contribution in [0, 0.1) is 22.7 Å². The Hall–Kier alpha value is -1.90. The molecule has 2 fully saturated rings. The largest absolute Gasteiger partial charge is 0.446 e. The summed E-state index contributed by atoms with van der Waals surface area (Å²) < 4.78 is 5.72. The second kappa shape index (κ2) is 10.4. The lowest BCUT2D eigenvalue weighted by Crippen LogP contribution is -2.61. The Bertz CT molecular complexity index is 800. The molecule has 1 heterocycles. The molecule has 3 rings (SSSR count). The molecular weight excluding hydrogens is 428 g/mol. The second-order valence-corrected chi connectivity index (χ2v) is 10.7. The lowest BCUT2D eigenvalue weighted by molar-refractivity contribution is -0.185. The molecule has 1 aromatic heterocycles. The first-order valence-electron chi connectivity index (χ1n) is 11.4. The van der Waals surface area contributed by atoms with Crippen molar-refractivity contribution < 1.29 is 24.5 Å². The van der Waals surface area contributed by atoms with Crippen LogP contribution in [0.5, 0.6) is 0 Å². The Balaban J connectivity index is 1.73. The van der Waals surface area contributed by atoms with Crippen LogP contribution in [0.2, 0.25) is 0 Å². The third kappa shape index (κ3) is 5.02. The number of nitrogens with one attached hydrogen (secondary N) is 2. The van der Waals surface area contributed by atoms with Gasteiger partial charge in [-0.1, -0.05) is 26.0 Å². The molecule has 0 spiro atoms. The van der Waals surface area contributed by atoms with Crippen molar-refractivity contribution in [3.05, 3.63) is 35.0 Å². The number of fused-ring (bicyclic) bond motifs is 1. The molecule has 2 aliphatic carbocycles. The molecule has 0 bridgehead atoms. The zero-order valence-corrected chi connectivity index (χ0v) is 19.8. The summed E-state index contributed by atoms with van der Waals surface area (Å²) >= 11 is 1.60. The smallest absolute Gasteiger partial charge is 0.407 e. The van der Waals surface area contributed by atoms with E-state index in [2.05, 4.69) is 24.1 Å². The summed E-state index contributed by atoms with van der Waals surface area (Å²) in [6.45, 7) is 8.36. The fourth-order valence-corrected chi connectivity index (χ4v) is 6.62. The average Bonchev–Trinajstić information content (AvgIpc) is 3.29. The number of hydrogen-bond donors (Lipinski definition) is 4. The summed E-state index contributed by atoms with van der Waals surface area (Å²) in [6.07, 6.45) is 2.88. The quantitative estimate of drug-likeness (QED) is 0.442. The van der Waals surface area contributed by atoms with Gasteiger partial charge >= 0.3 is 6.09 Å². The van der Waals surface area contributed by atoms with E-state index in [1.807, 2.05) is 24.4 Å². The first-order valence-corrected chi connectivity index (χ1v) is 12.3. The fraction of sp³-hybridized carbons (Fsp3) is 0.667. The van der Waals surface area contributed by atoms with Gasteiger partial charge in [-0.05, 0) is 54.4 Å². The number of thiophene rings is 1. The molecule has 8 heteroatoms. The Labute approximate surface area is 194 Å². The SMILES string of the molecule is C=CCNC(=O)O[C@@H]1CC[C@]2(C)[C@H](CC[C@@H](O)[C@H]2CC(=O)NCc2cccs2)[C@]1(C)CO. The van der Waals surface area contributed by atoms with Crippen LogP contribution < -0.4 is 10.6 Å². The molecule has 0 radical (unpaired) electrons. The van der Waals surface area contributed by atoms with E-state index in [0.717, 1.165) is 11.3 Å². The molecule has 0 unspecified atom stereocenters. The van der Waals surface area contributed by atoms with Crippen LogP contribution in [-0.4, -0.2) is 47.6 Å². The van der Waals surface area contributed by atoms with E-state index in [4.69, 9.17) is 4.74 Å². The monoisotopic (exact) mass is 464 g/mol. The fourth-order valence-electron chi connectivity index (χ4n) is 5.98. The van der Waals surface area contributed by atoms with E-state index in [0.29, 0.717) is 32.4 Å². The molecule has 4 N–H and O–H groups in total. The minimum Gasteiger partial charge on any atom is -0.446 e. The molecule has 7 nitrogen and oxygen atoms in total. The Kier molecular flexibility index (Phi) is 8.01. The normalized spacial score (nSPS) is 34.2. The molecule has 1 aromatic rings. The van der Waals surface area contributed by atoms with Gasteiger partial charge in [-0.3, -0.25) is 4.79 Å². The first-order chi connectivity index (χ1) is 15.2. The third-order valence-electron chi connectivity index (χ3n) is 7.76. The van der Waals surface area contributed by atoms with Gasteiger partial charge in [0.15, 0.2) is 0 Å². The average molecular weight is 465 g/mol. The summed E-state index contributed by atoms with van der Waals surface area (Å²) in [7, 11) is 0. The van der Waals surface area contributed by atoms with Crippen molar-refractivity contribution in [1.29, 1.82) is 0 Å². The maximum absolute atomic E-state index is 12.8. The lowest BCUT2D eigenvalue weighted by atomic mass is 9.46. The van der Waals surface area contributed by atoms with E-state index >= 15 is 0 Å². The van der Waals surface area contributed by atoms with Gasteiger partial charge < -0.3 is 25.6 Å². The predicted molar refractivity (Wildman–Crippen MR) is 124 cm³/mol. The van der Waals surface area contributed by atoms with Crippen molar-refractivity contribution in [2.45, 2.75) is 64.7 Å². The highest BCUT2D eigenvalue weighted by Gasteiger charge is 2.60. The summed E-state index contributed by atoms with van der Waals surface area (Å²) in [5.74, 6) is -0.271. The molecular formula is C24H36N2O5S. The summed E-state index contributed by atoms with van der Waals surface area (Å²) in [5, 5.41) is 28.9. The number of aliphatic hydroxyl groups is 2. The molecule has 2 saturated carbocycles. The number of ether oxygens (including phenoxy) is 1. The van der Waals surface area contributed by atoms with Crippen molar-refractivity contribution >= 4 is 23.3 Å². The van der Waals surface area contributed by atoms with E-state index in [-0.39, 0.29) is 36.2 Å². The minimum absolute atomic E-state index is 0.0180. The second-order valence-electron chi connectivity index (χ2n) is 9.64. The van der Waals surface area contributed by atoms with Gasteiger partial charge in [-0.25, -0.2) is 4.79 Å². The van der Waals surface area contributed by atoms with E-state index in [1.54, 1.807) is 17.4 Å². The third-order valence-corrected chi connectivity index (χ3v) is 8.64. The van der Waals surface area contributed by atoms with E-state index < -0.39 is 23.7 Å².